The van der Waals surface area contributed by atoms with E-state index >= 15 is 0 Å². The molecule has 3 rings (SSSR count). The van der Waals surface area contributed by atoms with Crippen LogP contribution < -0.4 is 10.6 Å². The van der Waals surface area contributed by atoms with Crippen LogP contribution in [0.5, 0.6) is 0 Å². The normalized spacial score (nSPS) is 24.7. The third-order valence-electron chi connectivity index (χ3n) is 5.67. The highest BCUT2D eigenvalue weighted by Gasteiger charge is 2.26. The van der Waals surface area contributed by atoms with Crippen molar-refractivity contribution in [2.45, 2.75) is 62.9 Å². The maximum Gasteiger partial charge on any atom is 0.243 e. The van der Waals surface area contributed by atoms with E-state index in [1.807, 2.05) is 12.1 Å². The zero-order valence-electron chi connectivity index (χ0n) is 16.4. The lowest BCUT2D eigenvalue weighted by molar-refractivity contribution is 0.329. The van der Waals surface area contributed by atoms with E-state index in [1.165, 1.54) is 25.7 Å². The van der Waals surface area contributed by atoms with Gasteiger partial charge < -0.3 is 10.6 Å². The molecule has 0 spiro atoms. The predicted octanol–water partition coefficient (Wildman–Crippen LogP) is 2.71. The molecule has 2 N–H and O–H groups in total. The molecule has 1 saturated carbocycles. The number of sulfonamides is 1. The van der Waals surface area contributed by atoms with E-state index in [1.54, 1.807) is 23.5 Å². The minimum Gasteiger partial charge on any atom is -0.354 e. The Morgan fingerprint density at radius 2 is 1.74 bits per heavy atom. The Labute approximate surface area is 163 Å². The van der Waals surface area contributed by atoms with E-state index in [0.717, 1.165) is 30.3 Å². The standard InChI is InChI=1S/C20H32N4O2S/c1-16-5-9-18(10-6-16)23-20(21-2)22-15-17-7-11-19(12-8-17)27(25,26)24-13-3-4-14-24/h7-8,11-12,16,18H,3-6,9-10,13-15H2,1-2H3,(H2,21,22,23). The maximum atomic E-state index is 12.6. The van der Waals surface area contributed by atoms with Crippen LogP contribution in [0.4, 0.5) is 0 Å². The summed E-state index contributed by atoms with van der Waals surface area (Å²) in [5.41, 5.74) is 1.04. The van der Waals surface area contributed by atoms with Crippen LogP contribution in [0.25, 0.3) is 0 Å². The molecule has 0 aromatic heterocycles. The van der Waals surface area contributed by atoms with Gasteiger partial charge in [-0.15, -0.1) is 0 Å². The van der Waals surface area contributed by atoms with E-state index in [0.29, 0.717) is 30.6 Å². The summed E-state index contributed by atoms with van der Waals surface area (Å²) < 4.78 is 26.7. The second-order valence-corrected chi connectivity index (χ2v) is 9.72. The Morgan fingerprint density at radius 3 is 2.33 bits per heavy atom. The number of hydrogen-bond donors (Lipinski definition) is 2. The molecule has 150 valence electrons. The highest BCUT2D eigenvalue weighted by Crippen LogP contribution is 2.23. The fourth-order valence-corrected chi connectivity index (χ4v) is 5.35. The van der Waals surface area contributed by atoms with Gasteiger partial charge in [-0.1, -0.05) is 19.1 Å². The van der Waals surface area contributed by atoms with E-state index in [2.05, 4.69) is 22.5 Å². The molecular formula is C20H32N4O2S. The second kappa shape index (κ2) is 9.06. The van der Waals surface area contributed by atoms with Gasteiger partial charge in [0.1, 0.15) is 0 Å². The highest BCUT2D eigenvalue weighted by atomic mass is 32.2. The topological polar surface area (TPSA) is 73.8 Å². The molecule has 1 saturated heterocycles. The summed E-state index contributed by atoms with van der Waals surface area (Å²) in [5.74, 6) is 1.64. The number of benzene rings is 1. The van der Waals surface area contributed by atoms with Crippen LogP contribution in [-0.2, 0) is 16.6 Å². The van der Waals surface area contributed by atoms with Gasteiger partial charge in [-0.3, -0.25) is 4.99 Å². The zero-order valence-corrected chi connectivity index (χ0v) is 17.3. The van der Waals surface area contributed by atoms with Crippen LogP contribution in [0.3, 0.4) is 0 Å². The number of nitrogens with one attached hydrogen (secondary N) is 2. The molecule has 7 heteroatoms. The second-order valence-electron chi connectivity index (χ2n) is 7.78. The molecule has 1 aliphatic heterocycles. The molecule has 2 aliphatic rings. The molecule has 2 fully saturated rings. The third kappa shape index (κ3) is 5.23. The minimum atomic E-state index is -3.34. The van der Waals surface area contributed by atoms with E-state index in [4.69, 9.17) is 0 Å². The molecule has 0 bridgehead atoms. The molecule has 1 aromatic rings. The Kier molecular flexibility index (Phi) is 6.76. The summed E-state index contributed by atoms with van der Waals surface area (Å²) in [6, 6.07) is 7.67. The lowest BCUT2D eigenvalue weighted by atomic mass is 9.87. The quantitative estimate of drug-likeness (QED) is 0.597. The number of guanidine groups is 1. The minimum absolute atomic E-state index is 0.381. The SMILES string of the molecule is CN=C(NCc1ccc(S(=O)(=O)N2CCCC2)cc1)NC1CCC(C)CC1. The molecule has 0 radical (unpaired) electrons. The smallest absolute Gasteiger partial charge is 0.243 e. The summed E-state index contributed by atoms with van der Waals surface area (Å²) in [5, 5.41) is 6.84. The monoisotopic (exact) mass is 392 g/mol. The number of aliphatic imine (C=N–C) groups is 1. The van der Waals surface area contributed by atoms with Crippen molar-refractivity contribution in [1.29, 1.82) is 0 Å². The van der Waals surface area contributed by atoms with Crippen molar-refractivity contribution in [2.24, 2.45) is 10.9 Å². The van der Waals surface area contributed by atoms with Gasteiger partial charge in [-0.05, 0) is 62.1 Å². The number of hydrogen-bond acceptors (Lipinski definition) is 3. The molecule has 1 aliphatic carbocycles. The first-order valence-corrected chi connectivity index (χ1v) is 11.5. The first kappa shape index (κ1) is 20.1. The van der Waals surface area contributed by atoms with Gasteiger partial charge in [0.25, 0.3) is 0 Å². The van der Waals surface area contributed by atoms with Gasteiger partial charge in [0.05, 0.1) is 4.90 Å². The lowest BCUT2D eigenvalue weighted by Gasteiger charge is -2.28. The summed E-state index contributed by atoms with van der Waals surface area (Å²) >= 11 is 0. The maximum absolute atomic E-state index is 12.6. The van der Waals surface area contributed by atoms with Crippen LogP contribution in [0, 0.1) is 5.92 Å². The molecule has 0 amide bonds. The summed E-state index contributed by atoms with van der Waals surface area (Å²) in [4.78, 5) is 4.70. The Bertz CT molecular complexity index is 732. The van der Waals surface area contributed by atoms with Gasteiger partial charge in [0.15, 0.2) is 5.96 Å². The highest BCUT2D eigenvalue weighted by molar-refractivity contribution is 7.89. The molecule has 6 nitrogen and oxygen atoms in total. The van der Waals surface area contributed by atoms with E-state index < -0.39 is 10.0 Å². The van der Waals surface area contributed by atoms with Gasteiger partial charge in [0.2, 0.25) is 10.0 Å². The summed E-state index contributed by atoms with van der Waals surface area (Å²) in [6.45, 7) is 4.20. The first-order chi connectivity index (χ1) is 13.0. The average molecular weight is 393 g/mol. The Hall–Kier alpha value is -1.60. The van der Waals surface area contributed by atoms with Crippen LogP contribution in [0.15, 0.2) is 34.2 Å². The predicted molar refractivity (Wildman–Crippen MR) is 109 cm³/mol. The molecule has 27 heavy (non-hydrogen) atoms. The van der Waals surface area contributed by atoms with Crippen molar-refractivity contribution in [3.8, 4) is 0 Å². The fourth-order valence-electron chi connectivity index (χ4n) is 3.84. The van der Waals surface area contributed by atoms with Crippen molar-refractivity contribution in [2.75, 3.05) is 20.1 Å². The molecule has 0 unspecified atom stereocenters. The van der Waals surface area contributed by atoms with Crippen molar-refractivity contribution in [1.82, 2.24) is 14.9 Å². The van der Waals surface area contributed by atoms with Crippen LogP contribution in [-0.4, -0.2) is 44.9 Å². The van der Waals surface area contributed by atoms with Gasteiger partial charge in [-0.25, -0.2) is 8.42 Å². The molecule has 0 atom stereocenters. The van der Waals surface area contributed by atoms with Crippen LogP contribution in [0.1, 0.15) is 51.0 Å². The van der Waals surface area contributed by atoms with Crippen molar-refractivity contribution in [3.63, 3.8) is 0 Å². The first-order valence-electron chi connectivity index (χ1n) is 10.1. The van der Waals surface area contributed by atoms with Crippen LogP contribution in [0.2, 0.25) is 0 Å². The molecule has 1 heterocycles. The number of nitrogens with zero attached hydrogens (tertiary/aromatic N) is 2. The molecular weight excluding hydrogens is 360 g/mol. The van der Waals surface area contributed by atoms with Crippen molar-refractivity contribution >= 4 is 16.0 Å². The number of rotatable bonds is 5. The van der Waals surface area contributed by atoms with Gasteiger partial charge in [-0.2, -0.15) is 4.31 Å². The summed E-state index contributed by atoms with van der Waals surface area (Å²) in [7, 11) is -1.55. The van der Waals surface area contributed by atoms with Crippen molar-refractivity contribution in [3.05, 3.63) is 29.8 Å². The zero-order chi connectivity index (χ0) is 19.3. The largest absolute Gasteiger partial charge is 0.354 e. The fraction of sp³-hybridized carbons (Fsp3) is 0.650. The Balaban J connectivity index is 1.53. The molecule has 1 aromatic carbocycles. The lowest BCUT2D eigenvalue weighted by Crippen LogP contribution is -2.44. The Morgan fingerprint density at radius 1 is 1.11 bits per heavy atom. The van der Waals surface area contributed by atoms with Gasteiger partial charge >= 0.3 is 0 Å². The van der Waals surface area contributed by atoms with Gasteiger partial charge in [0, 0.05) is 32.7 Å². The van der Waals surface area contributed by atoms with E-state index in [-0.39, 0.29) is 0 Å². The third-order valence-corrected chi connectivity index (χ3v) is 7.58. The van der Waals surface area contributed by atoms with Crippen molar-refractivity contribution < 1.29 is 8.42 Å². The van der Waals surface area contributed by atoms with Crippen LogP contribution >= 0.6 is 0 Å². The average Bonchev–Trinajstić information content (AvgIpc) is 3.23. The summed E-state index contributed by atoms with van der Waals surface area (Å²) in [6.07, 6.45) is 6.81. The van der Waals surface area contributed by atoms with E-state index in [9.17, 15) is 8.42 Å².